The Balaban J connectivity index is 1.57. The molecule has 150 valence electrons. The zero-order valence-corrected chi connectivity index (χ0v) is 16.5. The van der Waals surface area contributed by atoms with E-state index >= 15 is 0 Å². The second kappa shape index (κ2) is 7.54. The van der Waals surface area contributed by atoms with Crippen LogP contribution in [0.25, 0.3) is 11.0 Å². The van der Waals surface area contributed by atoms with Crippen molar-refractivity contribution in [2.45, 2.75) is 46.2 Å². The lowest BCUT2D eigenvalue weighted by Gasteiger charge is -2.17. The molecule has 1 aliphatic heterocycles. The number of nitrogens with one attached hydrogen (secondary N) is 2. The summed E-state index contributed by atoms with van der Waals surface area (Å²) in [7, 11) is 0. The molecule has 0 saturated carbocycles. The van der Waals surface area contributed by atoms with Crippen molar-refractivity contribution in [3.63, 3.8) is 0 Å². The molecule has 3 aromatic rings. The molecule has 8 heteroatoms. The minimum absolute atomic E-state index is 0.0268. The number of anilines is 2. The highest BCUT2D eigenvalue weighted by molar-refractivity contribution is 5.93. The molecule has 8 nitrogen and oxygen atoms in total. The van der Waals surface area contributed by atoms with E-state index in [0.29, 0.717) is 29.0 Å². The number of carbonyl (C=O) groups is 2. The predicted octanol–water partition coefficient (Wildman–Crippen LogP) is 2.44. The lowest BCUT2D eigenvalue weighted by molar-refractivity contribution is -0.117. The smallest absolute Gasteiger partial charge is 0.278 e. The maximum absolute atomic E-state index is 13.0. The van der Waals surface area contributed by atoms with Gasteiger partial charge in [-0.15, -0.1) is 0 Å². The van der Waals surface area contributed by atoms with Crippen molar-refractivity contribution in [3.8, 4) is 0 Å². The number of nitrogens with zero attached hydrogens (tertiary/aromatic N) is 3. The van der Waals surface area contributed by atoms with Gasteiger partial charge in [0.15, 0.2) is 0 Å². The van der Waals surface area contributed by atoms with Crippen LogP contribution in [0.5, 0.6) is 0 Å². The molecule has 0 saturated heterocycles. The molecule has 3 heterocycles. The van der Waals surface area contributed by atoms with E-state index in [4.69, 9.17) is 0 Å². The van der Waals surface area contributed by atoms with Crippen LogP contribution in [0.15, 0.2) is 35.1 Å². The van der Waals surface area contributed by atoms with Gasteiger partial charge in [0.25, 0.3) is 5.56 Å². The van der Waals surface area contributed by atoms with Gasteiger partial charge in [-0.05, 0) is 50.1 Å². The van der Waals surface area contributed by atoms with E-state index in [1.165, 1.54) is 6.92 Å². The highest BCUT2D eigenvalue weighted by Crippen LogP contribution is 2.19. The van der Waals surface area contributed by atoms with E-state index in [-0.39, 0.29) is 23.9 Å². The molecule has 0 unspecified atom stereocenters. The van der Waals surface area contributed by atoms with Crippen LogP contribution in [0, 0.1) is 6.92 Å². The normalized spacial score (nSPS) is 13.2. The third-order valence-corrected chi connectivity index (χ3v) is 5.12. The minimum Gasteiger partial charge on any atom is -0.330 e. The fourth-order valence-electron chi connectivity index (χ4n) is 3.78. The Bertz CT molecular complexity index is 1160. The monoisotopic (exact) mass is 393 g/mol. The molecular formula is C21H23N5O3. The summed E-state index contributed by atoms with van der Waals surface area (Å²) in [6.45, 7) is 4.02. The van der Waals surface area contributed by atoms with E-state index in [9.17, 15) is 14.4 Å². The van der Waals surface area contributed by atoms with Gasteiger partial charge in [-0.2, -0.15) is 0 Å². The number of hydrogen-bond acceptors (Lipinski definition) is 4. The van der Waals surface area contributed by atoms with Gasteiger partial charge in [0.2, 0.25) is 11.8 Å². The number of fused-ring (bicyclic) bond motifs is 2. The fraction of sp³-hybridized carbons (Fsp3) is 0.333. The van der Waals surface area contributed by atoms with Crippen LogP contribution in [0.4, 0.5) is 11.4 Å². The van der Waals surface area contributed by atoms with Gasteiger partial charge >= 0.3 is 0 Å². The van der Waals surface area contributed by atoms with Crippen LogP contribution in [0.3, 0.4) is 0 Å². The van der Waals surface area contributed by atoms with Gasteiger partial charge < -0.3 is 15.2 Å². The Morgan fingerprint density at radius 3 is 2.48 bits per heavy atom. The minimum atomic E-state index is -0.236. The number of amides is 2. The Kier molecular flexibility index (Phi) is 4.92. The number of rotatable bonds is 4. The quantitative estimate of drug-likeness (QED) is 0.711. The van der Waals surface area contributed by atoms with Gasteiger partial charge in [-0.1, -0.05) is 0 Å². The standard InChI is InChI=1S/C21H23N5O3/c1-13-11-17-20(21(29)25-10-4-3-5-18(25)24-17)26(13)12-19(28)23-16-8-6-15(7-9-16)22-14(2)27/h6-9,11H,3-5,10,12H2,1-2H3,(H,22,27)(H,23,28). The van der Waals surface area contributed by atoms with Crippen molar-refractivity contribution in [2.75, 3.05) is 10.6 Å². The molecule has 4 rings (SSSR count). The van der Waals surface area contributed by atoms with Gasteiger partial charge in [0, 0.05) is 37.0 Å². The predicted molar refractivity (Wildman–Crippen MR) is 111 cm³/mol. The van der Waals surface area contributed by atoms with Gasteiger partial charge in [-0.3, -0.25) is 19.0 Å². The number of aromatic nitrogens is 3. The topological polar surface area (TPSA) is 98.0 Å². The van der Waals surface area contributed by atoms with Crippen molar-refractivity contribution >= 4 is 34.2 Å². The summed E-state index contributed by atoms with van der Waals surface area (Å²) in [5, 5.41) is 5.51. The van der Waals surface area contributed by atoms with Crippen LogP contribution in [0.1, 0.15) is 31.3 Å². The molecule has 2 aromatic heterocycles. The summed E-state index contributed by atoms with van der Waals surface area (Å²) in [6.07, 6.45) is 2.82. The van der Waals surface area contributed by atoms with Gasteiger partial charge in [0.1, 0.15) is 17.9 Å². The molecule has 2 N–H and O–H groups in total. The molecule has 0 radical (unpaired) electrons. The summed E-state index contributed by atoms with van der Waals surface area (Å²) in [5.41, 5.74) is 3.14. The second-order valence-corrected chi connectivity index (χ2v) is 7.35. The largest absolute Gasteiger partial charge is 0.330 e. The number of carbonyl (C=O) groups excluding carboxylic acids is 2. The van der Waals surface area contributed by atoms with Crippen molar-refractivity contribution in [3.05, 3.63) is 52.2 Å². The molecule has 2 amide bonds. The van der Waals surface area contributed by atoms with E-state index in [1.807, 2.05) is 13.0 Å². The van der Waals surface area contributed by atoms with Crippen LogP contribution in [-0.2, 0) is 29.1 Å². The fourth-order valence-corrected chi connectivity index (χ4v) is 3.78. The molecule has 0 fully saturated rings. The molecule has 29 heavy (non-hydrogen) atoms. The highest BCUT2D eigenvalue weighted by atomic mass is 16.2. The molecular weight excluding hydrogens is 370 g/mol. The van der Waals surface area contributed by atoms with Gasteiger partial charge in [0.05, 0.1) is 5.52 Å². The van der Waals surface area contributed by atoms with E-state index < -0.39 is 0 Å². The van der Waals surface area contributed by atoms with Gasteiger partial charge in [-0.25, -0.2) is 4.98 Å². The third-order valence-electron chi connectivity index (χ3n) is 5.12. The highest BCUT2D eigenvalue weighted by Gasteiger charge is 2.19. The third kappa shape index (κ3) is 3.78. The average molecular weight is 393 g/mol. The van der Waals surface area contributed by atoms with Crippen molar-refractivity contribution in [1.82, 2.24) is 14.1 Å². The van der Waals surface area contributed by atoms with E-state index in [2.05, 4.69) is 15.6 Å². The lowest BCUT2D eigenvalue weighted by Crippen LogP contribution is -2.30. The zero-order valence-electron chi connectivity index (χ0n) is 16.5. The first-order valence-electron chi connectivity index (χ1n) is 9.69. The average Bonchev–Trinajstić information content (AvgIpc) is 2.98. The Labute approximate surface area is 167 Å². The summed E-state index contributed by atoms with van der Waals surface area (Å²) in [5.74, 6) is 0.438. The Morgan fingerprint density at radius 1 is 1.10 bits per heavy atom. The van der Waals surface area contributed by atoms with Crippen LogP contribution < -0.4 is 16.2 Å². The van der Waals surface area contributed by atoms with Crippen molar-refractivity contribution in [1.29, 1.82) is 0 Å². The molecule has 0 aliphatic carbocycles. The molecule has 0 bridgehead atoms. The Hall–Kier alpha value is -3.42. The summed E-state index contributed by atoms with van der Waals surface area (Å²) < 4.78 is 3.47. The first-order valence-corrected chi connectivity index (χ1v) is 9.69. The lowest BCUT2D eigenvalue weighted by atomic mass is 10.1. The van der Waals surface area contributed by atoms with Crippen LogP contribution in [0.2, 0.25) is 0 Å². The molecule has 0 atom stereocenters. The zero-order chi connectivity index (χ0) is 20.5. The first-order chi connectivity index (χ1) is 13.9. The maximum atomic E-state index is 13.0. The molecule has 1 aromatic carbocycles. The summed E-state index contributed by atoms with van der Waals surface area (Å²) in [4.78, 5) is 41.4. The SMILES string of the molecule is CC(=O)Nc1ccc(NC(=O)Cn2c(C)cc3nc4n(c(=O)c32)CCCC4)cc1. The number of hydrogen-bond donors (Lipinski definition) is 2. The maximum Gasteiger partial charge on any atom is 0.278 e. The van der Waals surface area contributed by atoms with E-state index in [0.717, 1.165) is 30.8 Å². The summed E-state index contributed by atoms with van der Waals surface area (Å²) in [6, 6.07) is 8.74. The Morgan fingerprint density at radius 2 is 1.79 bits per heavy atom. The first kappa shape index (κ1) is 18.9. The van der Waals surface area contributed by atoms with E-state index in [1.54, 1.807) is 33.4 Å². The number of aryl methyl sites for hydroxylation is 2. The van der Waals surface area contributed by atoms with Crippen LogP contribution >= 0.6 is 0 Å². The number of benzene rings is 1. The van der Waals surface area contributed by atoms with Crippen molar-refractivity contribution in [2.24, 2.45) is 0 Å². The summed E-state index contributed by atoms with van der Waals surface area (Å²) >= 11 is 0. The molecule has 1 aliphatic rings. The van der Waals surface area contributed by atoms with Crippen LogP contribution in [-0.4, -0.2) is 25.9 Å². The second-order valence-electron chi connectivity index (χ2n) is 7.35. The van der Waals surface area contributed by atoms with Crippen molar-refractivity contribution < 1.29 is 9.59 Å². The molecule has 0 spiro atoms.